The number of urea groups is 1. The third kappa shape index (κ3) is 4.35. The zero-order valence-electron chi connectivity index (χ0n) is 11.8. The number of carboxylic acids is 1. The van der Waals surface area contributed by atoms with Gasteiger partial charge >= 0.3 is 12.0 Å². The van der Waals surface area contributed by atoms with Crippen LogP contribution in [-0.2, 0) is 4.79 Å². The van der Waals surface area contributed by atoms with Crippen molar-refractivity contribution < 1.29 is 14.7 Å². The molecule has 7 heteroatoms. The van der Waals surface area contributed by atoms with E-state index in [1.807, 2.05) is 0 Å². The molecule has 2 heterocycles. The van der Waals surface area contributed by atoms with E-state index in [4.69, 9.17) is 5.11 Å². The molecular weight excluding hydrogens is 260 g/mol. The Kier molecular flexibility index (Phi) is 5.60. The fourth-order valence-electron chi connectivity index (χ4n) is 2.69. The van der Waals surface area contributed by atoms with Gasteiger partial charge in [0, 0.05) is 45.8 Å². The predicted molar refractivity (Wildman–Crippen MR) is 74.6 cm³/mol. The molecule has 0 bridgehead atoms. The van der Waals surface area contributed by atoms with Crippen LogP contribution in [0.5, 0.6) is 0 Å². The minimum absolute atomic E-state index is 0.130. The van der Waals surface area contributed by atoms with E-state index in [-0.39, 0.29) is 6.03 Å². The van der Waals surface area contributed by atoms with Gasteiger partial charge in [-0.3, -0.25) is 4.79 Å². The highest BCUT2D eigenvalue weighted by atomic mass is 16.4. The number of nitrogens with zero attached hydrogens (tertiary/aromatic N) is 2. The molecule has 0 saturated carbocycles. The van der Waals surface area contributed by atoms with Crippen LogP contribution in [0.4, 0.5) is 4.79 Å². The molecule has 1 atom stereocenters. The lowest BCUT2D eigenvalue weighted by Gasteiger charge is -2.27. The summed E-state index contributed by atoms with van der Waals surface area (Å²) >= 11 is 0. The normalized spacial score (nSPS) is 23.8. The number of aliphatic carboxylic acids is 1. The molecule has 0 aromatic rings. The number of rotatable bonds is 5. The minimum atomic E-state index is -0.806. The Morgan fingerprint density at radius 3 is 2.65 bits per heavy atom. The van der Waals surface area contributed by atoms with E-state index in [2.05, 4.69) is 15.5 Å². The van der Waals surface area contributed by atoms with Crippen LogP contribution in [-0.4, -0.2) is 79.3 Å². The van der Waals surface area contributed by atoms with Crippen molar-refractivity contribution in [2.45, 2.75) is 12.8 Å². The van der Waals surface area contributed by atoms with Crippen LogP contribution in [0.25, 0.3) is 0 Å². The van der Waals surface area contributed by atoms with Crippen molar-refractivity contribution >= 4 is 12.0 Å². The maximum atomic E-state index is 11.9. The molecule has 0 radical (unpaired) electrons. The Bertz CT molecular complexity index is 345. The summed E-state index contributed by atoms with van der Waals surface area (Å²) < 4.78 is 0. The molecule has 0 aromatic heterocycles. The summed E-state index contributed by atoms with van der Waals surface area (Å²) in [6, 6.07) is -0.130. The van der Waals surface area contributed by atoms with Crippen molar-refractivity contribution in [2.24, 2.45) is 5.92 Å². The van der Waals surface area contributed by atoms with Crippen molar-refractivity contribution in [3.05, 3.63) is 0 Å². The summed E-state index contributed by atoms with van der Waals surface area (Å²) in [4.78, 5) is 26.7. The molecule has 2 fully saturated rings. The summed E-state index contributed by atoms with van der Waals surface area (Å²) in [5.41, 5.74) is 0. The fourth-order valence-corrected chi connectivity index (χ4v) is 2.69. The predicted octanol–water partition coefficient (Wildman–Crippen LogP) is -0.602. The summed E-state index contributed by atoms with van der Waals surface area (Å²) in [6.45, 7) is 6.74. The second-order valence-corrected chi connectivity index (χ2v) is 5.45. The van der Waals surface area contributed by atoms with Crippen molar-refractivity contribution in [3.63, 3.8) is 0 Å². The van der Waals surface area contributed by atoms with Gasteiger partial charge in [-0.2, -0.15) is 0 Å². The second kappa shape index (κ2) is 7.44. The van der Waals surface area contributed by atoms with Crippen LogP contribution in [0.2, 0.25) is 0 Å². The zero-order valence-corrected chi connectivity index (χ0v) is 11.8. The van der Waals surface area contributed by atoms with E-state index in [1.165, 1.54) is 0 Å². The first kappa shape index (κ1) is 15.1. The van der Waals surface area contributed by atoms with Crippen molar-refractivity contribution in [1.29, 1.82) is 0 Å². The molecule has 2 amide bonds. The summed E-state index contributed by atoms with van der Waals surface area (Å²) in [6.07, 6.45) is 1.49. The monoisotopic (exact) mass is 284 g/mol. The molecule has 0 spiro atoms. The first-order valence-corrected chi connectivity index (χ1v) is 7.35. The van der Waals surface area contributed by atoms with E-state index in [9.17, 15) is 9.59 Å². The number of piperazine rings is 1. The molecule has 0 aliphatic carbocycles. The minimum Gasteiger partial charge on any atom is -0.481 e. The molecule has 2 aliphatic heterocycles. The van der Waals surface area contributed by atoms with Gasteiger partial charge in [-0.25, -0.2) is 4.79 Å². The number of carboxylic acid groups (broad SMARTS) is 1. The average molecular weight is 284 g/mol. The van der Waals surface area contributed by atoms with Crippen LogP contribution in [0, 0.1) is 5.92 Å². The fraction of sp³-hybridized carbons (Fsp3) is 0.846. The first-order valence-electron chi connectivity index (χ1n) is 7.35. The Labute approximate surface area is 119 Å². The Morgan fingerprint density at radius 1 is 1.25 bits per heavy atom. The lowest BCUT2D eigenvalue weighted by Crippen LogP contribution is -2.45. The molecular formula is C13H24N4O3. The topological polar surface area (TPSA) is 84.9 Å². The number of amides is 2. The van der Waals surface area contributed by atoms with Crippen LogP contribution in [0.1, 0.15) is 12.8 Å². The molecule has 3 N–H and O–H groups in total. The van der Waals surface area contributed by atoms with Crippen molar-refractivity contribution in [2.75, 3.05) is 52.4 Å². The Balaban J connectivity index is 1.57. The highest BCUT2D eigenvalue weighted by molar-refractivity contribution is 5.77. The van der Waals surface area contributed by atoms with E-state index >= 15 is 0 Å². The lowest BCUT2D eigenvalue weighted by molar-refractivity contribution is -0.141. The number of nitrogens with one attached hydrogen (secondary N) is 2. The van der Waals surface area contributed by atoms with Gasteiger partial charge in [0.05, 0.1) is 5.92 Å². The summed E-state index contributed by atoms with van der Waals surface area (Å²) in [7, 11) is 0. The van der Waals surface area contributed by atoms with Crippen molar-refractivity contribution in [3.8, 4) is 0 Å². The molecule has 1 unspecified atom stereocenters. The second-order valence-electron chi connectivity index (χ2n) is 5.45. The van der Waals surface area contributed by atoms with Gasteiger partial charge in [0.25, 0.3) is 0 Å². The van der Waals surface area contributed by atoms with Crippen LogP contribution < -0.4 is 10.6 Å². The van der Waals surface area contributed by atoms with E-state index in [0.717, 1.165) is 39.1 Å². The quantitative estimate of drug-likeness (QED) is 0.587. The van der Waals surface area contributed by atoms with Gasteiger partial charge in [-0.1, -0.05) is 0 Å². The third-order valence-corrected chi connectivity index (χ3v) is 3.96. The molecule has 2 saturated heterocycles. The SMILES string of the molecule is O=C(O)C1CCN(C(=O)NCCCN2CCNCC2)C1. The zero-order chi connectivity index (χ0) is 14.4. The first-order chi connectivity index (χ1) is 9.66. The van der Waals surface area contributed by atoms with Gasteiger partial charge in [0.15, 0.2) is 0 Å². The maximum Gasteiger partial charge on any atom is 0.317 e. The van der Waals surface area contributed by atoms with Gasteiger partial charge < -0.3 is 25.5 Å². The smallest absolute Gasteiger partial charge is 0.317 e. The number of hydrogen-bond acceptors (Lipinski definition) is 4. The highest BCUT2D eigenvalue weighted by Crippen LogP contribution is 2.15. The van der Waals surface area contributed by atoms with Crippen LogP contribution in [0.3, 0.4) is 0 Å². The third-order valence-electron chi connectivity index (χ3n) is 3.96. The molecule has 0 aromatic carbocycles. The van der Waals surface area contributed by atoms with Gasteiger partial charge in [0.2, 0.25) is 0 Å². The standard InChI is InChI=1S/C13H24N4O3/c18-12(19)11-2-7-17(10-11)13(20)15-3-1-6-16-8-4-14-5-9-16/h11,14H,1-10H2,(H,15,20)(H,18,19). The number of carbonyl (C=O) groups excluding carboxylic acids is 1. The van der Waals surface area contributed by atoms with E-state index in [1.54, 1.807) is 4.90 Å². The molecule has 2 aliphatic rings. The molecule has 2 rings (SSSR count). The Hall–Kier alpha value is -1.34. The average Bonchev–Trinajstić information content (AvgIpc) is 2.94. The molecule has 20 heavy (non-hydrogen) atoms. The van der Waals surface area contributed by atoms with Crippen LogP contribution in [0.15, 0.2) is 0 Å². The highest BCUT2D eigenvalue weighted by Gasteiger charge is 2.30. The van der Waals surface area contributed by atoms with Crippen molar-refractivity contribution in [1.82, 2.24) is 20.4 Å². The summed E-state index contributed by atoms with van der Waals surface area (Å²) in [5, 5.41) is 15.1. The van der Waals surface area contributed by atoms with E-state index in [0.29, 0.717) is 26.1 Å². The number of hydrogen-bond donors (Lipinski definition) is 3. The van der Waals surface area contributed by atoms with Gasteiger partial charge in [-0.05, 0) is 19.4 Å². The largest absolute Gasteiger partial charge is 0.481 e. The number of likely N-dealkylation sites (tertiary alicyclic amines) is 1. The lowest BCUT2D eigenvalue weighted by atomic mass is 10.1. The number of carbonyl (C=O) groups is 2. The maximum absolute atomic E-state index is 11.9. The van der Waals surface area contributed by atoms with Gasteiger partial charge in [-0.15, -0.1) is 0 Å². The molecule has 7 nitrogen and oxygen atoms in total. The van der Waals surface area contributed by atoms with Gasteiger partial charge in [0.1, 0.15) is 0 Å². The summed E-state index contributed by atoms with van der Waals surface area (Å²) in [5.74, 6) is -1.21. The van der Waals surface area contributed by atoms with Crippen LogP contribution >= 0.6 is 0 Å². The van der Waals surface area contributed by atoms with E-state index < -0.39 is 11.9 Å². The molecule has 114 valence electrons. The Morgan fingerprint density at radius 2 is 2.00 bits per heavy atom.